The number of anilines is 1. The maximum atomic E-state index is 13.0. The molecule has 0 aliphatic heterocycles. The zero-order chi connectivity index (χ0) is 21.7. The van der Waals surface area contributed by atoms with Crippen LogP contribution in [0.15, 0.2) is 54.6 Å². The summed E-state index contributed by atoms with van der Waals surface area (Å²) in [5.74, 6) is -0.958. The molecule has 0 aliphatic rings. The first-order valence-corrected chi connectivity index (χ1v) is 10.1. The summed E-state index contributed by atoms with van der Waals surface area (Å²) in [4.78, 5) is 42.2. The number of thiazole rings is 1. The number of Topliss-reactive ketones (excluding diaryl/α,β-unsaturated/α-hetero) is 1. The fourth-order valence-electron chi connectivity index (χ4n) is 2.95. The number of hydrogen-bond donors (Lipinski definition) is 3. The third kappa shape index (κ3) is 4.97. The van der Waals surface area contributed by atoms with Crippen molar-refractivity contribution in [2.75, 3.05) is 5.32 Å². The SMILES string of the molecule is CC(=O)c1sc(NC(=O)[C@H](NC(=O)c2cccc(CN)c2)c2ccccc2)nc1C. The molecule has 7 nitrogen and oxygen atoms in total. The predicted molar refractivity (Wildman–Crippen MR) is 116 cm³/mol. The van der Waals surface area contributed by atoms with Gasteiger partial charge in [-0.15, -0.1) is 0 Å². The second kappa shape index (κ2) is 9.43. The van der Waals surface area contributed by atoms with Crippen LogP contribution in [0.5, 0.6) is 0 Å². The summed E-state index contributed by atoms with van der Waals surface area (Å²) in [6, 6.07) is 14.9. The molecule has 0 saturated heterocycles. The molecule has 154 valence electrons. The molecule has 0 unspecified atom stereocenters. The smallest absolute Gasteiger partial charge is 0.253 e. The van der Waals surface area contributed by atoms with Gasteiger partial charge in [0.25, 0.3) is 11.8 Å². The van der Waals surface area contributed by atoms with Crippen molar-refractivity contribution in [2.45, 2.75) is 26.4 Å². The van der Waals surface area contributed by atoms with Crippen molar-refractivity contribution < 1.29 is 14.4 Å². The Kier molecular flexibility index (Phi) is 6.71. The summed E-state index contributed by atoms with van der Waals surface area (Å²) in [7, 11) is 0. The molecule has 0 bridgehead atoms. The van der Waals surface area contributed by atoms with Crippen molar-refractivity contribution in [1.29, 1.82) is 0 Å². The van der Waals surface area contributed by atoms with E-state index in [0.717, 1.165) is 16.9 Å². The third-order valence-electron chi connectivity index (χ3n) is 4.44. The lowest BCUT2D eigenvalue weighted by Crippen LogP contribution is -2.37. The molecule has 0 radical (unpaired) electrons. The van der Waals surface area contributed by atoms with Crippen LogP contribution in [0.2, 0.25) is 0 Å². The second-order valence-electron chi connectivity index (χ2n) is 6.70. The highest BCUT2D eigenvalue weighted by Gasteiger charge is 2.25. The van der Waals surface area contributed by atoms with E-state index in [1.165, 1.54) is 6.92 Å². The first-order chi connectivity index (χ1) is 14.4. The van der Waals surface area contributed by atoms with E-state index in [4.69, 9.17) is 5.73 Å². The van der Waals surface area contributed by atoms with Crippen molar-refractivity contribution in [3.8, 4) is 0 Å². The van der Waals surface area contributed by atoms with E-state index in [1.54, 1.807) is 49.4 Å². The van der Waals surface area contributed by atoms with Crippen LogP contribution in [0.1, 0.15) is 49.8 Å². The number of aromatic nitrogens is 1. The van der Waals surface area contributed by atoms with Gasteiger partial charge in [-0.05, 0) is 30.2 Å². The summed E-state index contributed by atoms with van der Waals surface area (Å²) in [5.41, 5.74) is 8.07. The summed E-state index contributed by atoms with van der Waals surface area (Å²) >= 11 is 1.11. The fraction of sp³-hybridized carbons (Fsp3) is 0.182. The van der Waals surface area contributed by atoms with Gasteiger partial charge in [-0.25, -0.2) is 4.98 Å². The zero-order valence-electron chi connectivity index (χ0n) is 16.6. The van der Waals surface area contributed by atoms with Crippen LogP contribution in [0.25, 0.3) is 0 Å². The van der Waals surface area contributed by atoms with Crippen LogP contribution in [0.3, 0.4) is 0 Å². The molecule has 0 spiro atoms. The van der Waals surface area contributed by atoms with Crippen molar-refractivity contribution in [3.05, 3.63) is 81.9 Å². The third-order valence-corrected chi connectivity index (χ3v) is 5.62. The molecule has 4 N–H and O–H groups in total. The monoisotopic (exact) mass is 422 g/mol. The maximum Gasteiger partial charge on any atom is 0.253 e. The Morgan fingerprint density at radius 1 is 1.10 bits per heavy atom. The Morgan fingerprint density at radius 2 is 1.83 bits per heavy atom. The van der Waals surface area contributed by atoms with Gasteiger partial charge in [-0.2, -0.15) is 0 Å². The van der Waals surface area contributed by atoms with Crippen molar-refractivity contribution in [1.82, 2.24) is 10.3 Å². The van der Waals surface area contributed by atoms with Crippen LogP contribution in [-0.4, -0.2) is 22.6 Å². The van der Waals surface area contributed by atoms with Gasteiger partial charge in [0.05, 0.1) is 10.6 Å². The molecule has 0 saturated carbocycles. The minimum absolute atomic E-state index is 0.113. The van der Waals surface area contributed by atoms with Crippen LogP contribution < -0.4 is 16.4 Å². The number of nitrogens with one attached hydrogen (secondary N) is 2. The summed E-state index contributed by atoms with van der Waals surface area (Å²) in [6.45, 7) is 3.48. The molecule has 30 heavy (non-hydrogen) atoms. The van der Waals surface area contributed by atoms with E-state index in [-0.39, 0.29) is 5.78 Å². The van der Waals surface area contributed by atoms with Crippen molar-refractivity contribution >= 4 is 34.1 Å². The van der Waals surface area contributed by atoms with E-state index in [9.17, 15) is 14.4 Å². The minimum atomic E-state index is -0.940. The molecule has 2 amide bonds. The molecule has 3 rings (SSSR count). The molecule has 3 aromatic rings. The molecule has 8 heteroatoms. The number of ketones is 1. The fourth-order valence-corrected chi connectivity index (χ4v) is 3.82. The summed E-state index contributed by atoms with van der Waals surface area (Å²) < 4.78 is 0. The molecule has 0 aliphatic carbocycles. The number of hydrogen-bond acceptors (Lipinski definition) is 6. The maximum absolute atomic E-state index is 13.0. The normalized spacial score (nSPS) is 11.6. The molecular formula is C22H22N4O3S. The van der Waals surface area contributed by atoms with Crippen LogP contribution >= 0.6 is 11.3 Å². The van der Waals surface area contributed by atoms with Crippen molar-refractivity contribution in [2.24, 2.45) is 5.73 Å². The topological polar surface area (TPSA) is 114 Å². The van der Waals surface area contributed by atoms with Crippen LogP contribution in [-0.2, 0) is 11.3 Å². The highest BCUT2D eigenvalue weighted by molar-refractivity contribution is 7.17. The highest BCUT2D eigenvalue weighted by atomic mass is 32.1. The minimum Gasteiger partial charge on any atom is -0.336 e. The first kappa shape index (κ1) is 21.4. The number of rotatable bonds is 7. The van der Waals surface area contributed by atoms with Crippen LogP contribution in [0, 0.1) is 6.92 Å². The van der Waals surface area contributed by atoms with Crippen LogP contribution in [0.4, 0.5) is 5.13 Å². The number of benzene rings is 2. The second-order valence-corrected chi connectivity index (χ2v) is 7.70. The standard InChI is InChI=1S/C22H22N4O3S/c1-13-19(14(2)27)30-22(24-13)26-21(29)18(16-8-4-3-5-9-16)25-20(28)17-10-6-7-15(11-17)12-23/h3-11,18H,12,23H2,1-2H3,(H,25,28)(H,24,26,29)/t18-/m1/s1. The first-order valence-electron chi connectivity index (χ1n) is 9.33. The van der Waals surface area contributed by atoms with Gasteiger partial charge < -0.3 is 11.1 Å². The molecule has 0 fully saturated rings. The Labute approximate surface area is 178 Å². The average Bonchev–Trinajstić information content (AvgIpc) is 3.12. The van der Waals surface area contributed by atoms with E-state index in [0.29, 0.717) is 33.4 Å². The number of nitrogens with zero attached hydrogens (tertiary/aromatic N) is 1. The lowest BCUT2D eigenvalue weighted by atomic mass is 10.0. The zero-order valence-corrected chi connectivity index (χ0v) is 17.5. The molecule has 1 atom stereocenters. The Morgan fingerprint density at radius 3 is 2.47 bits per heavy atom. The summed E-state index contributed by atoms with van der Waals surface area (Å²) in [6.07, 6.45) is 0. The average molecular weight is 423 g/mol. The lowest BCUT2D eigenvalue weighted by molar-refractivity contribution is -0.118. The molecule has 2 aromatic carbocycles. The van der Waals surface area contributed by atoms with Gasteiger partial charge in [0.1, 0.15) is 6.04 Å². The van der Waals surface area contributed by atoms with Gasteiger partial charge >= 0.3 is 0 Å². The highest BCUT2D eigenvalue weighted by Crippen LogP contribution is 2.24. The lowest BCUT2D eigenvalue weighted by Gasteiger charge is -2.18. The van der Waals surface area contributed by atoms with Gasteiger partial charge in [-0.3, -0.25) is 19.7 Å². The van der Waals surface area contributed by atoms with E-state index >= 15 is 0 Å². The number of amides is 2. The van der Waals surface area contributed by atoms with Gasteiger partial charge in [0, 0.05) is 19.0 Å². The van der Waals surface area contributed by atoms with E-state index < -0.39 is 17.9 Å². The van der Waals surface area contributed by atoms with Gasteiger partial charge in [0.2, 0.25) is 0 Å². The largest absolute Gasteiger partial charge is 0.336 e. The summed E-state index contributed by atoms with van der Waals surface area (Å²) in [5, 5.41) is 5.81. The number of aryl methyl sites for hydroxylation is 1. The number of carbonyl (C=O) groups is 3. The molecule has 1 aromatic heterocycles. The Hall–Kier alpha value is -3.36. The molecule has 1 heterocycles. The molecular weight excluding hydrogens is 400 g/mol. The Balaban J connectivity index is 1.85. The van der Waals surface area contributed by atoms with E-state index in [2.05, 4.69) is 15.6 Å². The van der Waals surface area contributed by atoms with Gasteiger partial charge in [-0.1, -0.05) is 53.8 Å². The number of carbonyl (C=O) groups excluding carboxylic acids is 3. The quantitative estimate of drug-likeness (QED) is 0.506. The van der Waals surface area contributed by atoms with Gasteiger partial charge in [0.15, 0.2) is 10.9 Å². The predicted octanol–water partition coefficient (Wildman–Crippen LogP) is 3.22. The Bertz CT molecular complexity index is 1080. The van der Waals surface area contributed by atoms with E-state index in [1.807, 2.05) is 12.1 Å². The number of nitrogens with two attached hydrogens (primary N) is 1. The van der Waals surface area contributed by atoms with Crippen molar-refractivity contribution in [3.63, 3.8) is 0 Å².